The zero-order valence-electron chi connectivity index (χ0n) is 16.1. The molecule has 2 aliphatic heterocycles. The summed E-state index contributed by atoms with van der Waals surface area (Å²) in [6.07, 6.45) is 4.29. The van der Waals surface area contributed by atoms with E-state index in [0.29, 0.717) is 23.1 Å². The van der Waals surface area contributed by atoms with Gasteiger partial charge in [0.1, 0.15) is 5.76 Å². The number of hydrogen-bond acceptors (Lipinski definition) is 9. The molecule has 2 saturated heterocycles. The standard InChI is InChI=1S/C20H13N3O7S2/c24-17-15(10-12-3-1-4-13(9-12)23(28)29)31-19(26)21(17)6-7-22-18(25)16(32-20(22)27)11-14-5-2-8-30-14/h1-5,8-11H,6-7H2/b15-10-,16-11-. The first-order valence-electron chi connectivity index (χ1n) is 9.12. The Hall–Kier alpha value is -3.64. The SMILES string of the molecule is O=C1S/C(=C\c2cccc([N+](=O)[O-])c2)C(=O)N1CCN1C(=O)S/C(=C\c2ccco2)C1=O. The first-order chi connectivity index (χ1) is 15.3. The fourth-order valence-corrected chi connectivity index (χ4v) is 4.68. The van der Waals surface area contributed by atoms with E-state index in [-0.39, 0.29) is 28.6 Å². The second kappa shape index (κ2) is 8.85. The molecule has 0 spiro atoms. The Balaban J connectivity index is 1.44. The monoisotopic (exact) mass is 471 g/mol. The molecule has 10 nitrogen and oxygen atoms in total. The van der Waals surface area contributed by atoms with Crippen molar-refractivity contribution in [2.45, 2.75) is 0 Å². The molecule has 1 aromatic carbocycles. The highest BCUT2D eigenvalue weighted by Gasteiger charge is 2.39. The molecule has 0 unspecified atom stereocenters. The number of carbonyl (C=O) groups excluding carboxylic acids is 4. The van der Waals surface area contributed by atoms with Crippen molar-refractivity contribution in [3.8, 4) is 0 Å². The Bertz CT molecular complexity index is 1200. The molecule has 12 heteroatoms. The van der Waals surface area contributed by atoms with E-state index in [0.717, 1.165) is 21.6 Å². The summed E-state index contributed by atoms with van der Waals surface area (Å²) in [4.78, 5) is 62.2. The van der Waals surface area contributed by atoms with Crippen LogP contribution in [0, 0.1) is 10.1 Å². The van der Waals surface area contributed by atoms with Gasteiger partial charge in [-0.05, 0) is 47.3 Å². The van der Waals surface area contributed by atoms with Crippen LogP contribution < -0.4 is 0 Å². The fourth-order valence-electron chi connectivity index (χ4n) is 2.97. The van der Waals surface area contributed by atoms with Crippen molar-refractivity contribution in [1.82, 2.24) is 9.80 Å². The predicted molar refractivity (Wildman–Crippen MR) is 117 cm³/mol. The molecule has 1 aromatic heterocycles. The molecule has 0 aliphatic carbocycles. The van der Waals surface area contributed by atoms with Crippen molar-refractivity contribution in [2.24, 2.45) is 0 Å². The highest BCUT2D eigenvalue weighted by molar-refractivity contribution is 8.18. The van der Waals surface area contributed by atoms with Crippen molar-refractivity contribution in [1.29, 1.82) is 0 Å². The number of benzene rings is 1. The number of nitro groups is 1. The first-order valence-corrected chi connectivity index (χ1v) is 10.8. The highest BCUT2D eigenvalue weighted by Crippen LogP contribution is 2.34. The molecule has 2 aliphatic rings. The van der Waals surface area contributed by atoms with E-state index in [2.05, 4.69) is 0 Å². The van der Waals surface area contributed by atoms with E-state index in [1.165, 1.54) is 36.6 Å². The van der Waals surface area contributed by atoms with Crippen molar-refractivity contribution in [3.05, 3.63) is 73.9 Å². The van der Waals surface area contributed by atoms with Gasteiger partial charge in [-0.25, -0.2) is 0 Å². The Labute approximate surface area is 189 Å². The molecular formula is C20H13N3O7S2. The van der Waals surface area contributed by atoms with E-state index < -0.39 is 27.2 Å². The number of nitro benzene ring substituents is 1. The van der Waals surface area contributed by atoms with Crippen LogP contribution in [-0.2, 0) is 9.59 Å². The topological polar surface area (TPSA) is 131 Å². The molecule has 0 saturated carbocycles. The smallest absolute Gasteiger partial charge is 0.293 e. The molecule has 0 bridgehead atoms. The van der Waals surface area contributed by atoms with Crippen LogP contribution in [0.4, 0.5) is 15.3 Å². The molecule has 2 fully saturated rings. The summed E-state index contributed by atoms with van der Waals surface area (Å²) in [5, 5.41) is 9.86. The van der Waals surface area contributed by atoms with Gasteiger partial charge < -0.3 is 4.42 Å². The second-order valence-electron chi connectivity index (χ2n) is 6.53. The van der Waals surface area contributed by atoms with Crippen LogP contribution in [0.5, 0.6) is 0 Å². The fraction of sp³-hybridized carbons (Fsp3) is 0.100. The minimum atomic E-state index is -0.593. The summed E-state index contributed by atoms with van der Waals surface area (Å²) in [7, 11) is 0. The zero-order valence-corrected chi connectivity index (χ0v) is 17.8. The largest absolute Gasteiger partial charge is 0.465 e. The zero-order chi connectivity index (χ0) is 22.8. The third-order valence-corrected chi connectivity index (χ3v) is 6.30. The van der Waals surface area contributed by atoms with Crippen LogP contribution >= 0.6 is 23.5 Å². The Morgan fingerprint density at radius 3 is 2.09 bits per heavy atom. The number of non-ortho nitro benzene ring substituents is 1. The van der Waals surface area contributed by atoms with Crippen LogP contribution in [0.3, 0.4) is 0 Å². The Morgan fingerprint density at radius 1 is 0.906 bits per heavy atom. The van der Waals surface area contributed by atoms with Crippen LogP contribution in [0.2, 0.25) is 0 Å². The number of rotatable bonds is 6. The minimum Gasteiger partial charge on any atom is -0.465 e. The van der Waals surface area contributed by atoms with Gasteiger partial charge in [-0.3, -0.25) is 39.1 Å². The average molecular weight is 471 g/mol. The van der Waals surface area contributed by atoms with Gasteiger partial charge in [-0.2, -0.15) is 0 Å². The number of carbonyl (C=O) groups is 4. The quantitative estimate of drug-likeness (QED) is 0.349. The summed E-state index contributed by atoms with van der Waals surface area (Å²) in [5.74, 6) is -0.701. The number of thioether (sulfide) groups is 2. The molecule has 3 heterocycles. The molecule has 32 heavy (non-hydrogen) atoms. The molecule has 4 amide bonds. The van der Waals surface area contributed by atoms with Crippen LogP contribution in [-0.4, -0.2) is 50.1 Å². The molecule has 0 radical (unpaired) electrons. The molecular weight excluding hydrogens is 458 g/mol. The summed E-state index contributed by atoms with van der Waals surface area (Å²) in [6, 6.07) is 8.95. The summed E-state index contributed by atoms with van der Waals surface area (Å²) < 4.78 is 5.15. The van der Waals surface area contributed by atoms with E-state index in [1.807, 2.05) is 0 Å². The van der Waals surface area contributed by atoms with Crippen molar-refractivity contribution < 1.29 is 28.5 Å². The molecule has 0 N–H and O–H groups in total. The van der Waals surface area contributed by atoms with Gasteiger partial charge in [0.05, 0.1) is 21.0 Å². The van der Waals surface area contributed by atoms with Crippen molar-refractivity contribution >= 4 is 63.7 Å². The summed E-state index contributed by atoms with van der Waals surface area (Å²) in [5.41, 5.74) is 0.263. The maximum Gasteiger partial charge on any atom is 0.293 e. The minimum absolute atomic E-state index is 0.0994. The van der Waals surface area contributed by atoms with Gasteiger partial charge in [0.15, 0.2) is 0 Å². The lowest BCUT2D eigenvalue weighted by atomic mass is 10.2. The van der Waals surface area contributed by atoms with Crippen molar-refractivity contribution in [3.63, 3.8) is 0 Å². The molecule has 0 atom stereocenters. The normalized spacial score (nSPS) is 19.1. The van der Waals surface area contributed by atoms with Crippen molar-refractivity contribution in [2.75, 3.05) is 13.1 Å². The number of amides is 4. The third-order valence-electron chi connectivity index (χ3n) is 4.49. The van der Waals surface area contributed by atoms with Gasteiger partial charge in [0.2, 0.25) is 0 Å². The maximum absolute atomic E-state index is 12.6. The lowest BCUT2D eigenvalue weighted by molar-refractivity contribution is -0.384. The lowest BCUT2D eigenvalue weighted by Crippen LogP contribution is -2.39. The van der Waals surface area contributed by atoms with Crippen LogP contribution in [0.1, 0.15) is 11.3 Å². The van der Waals surface area contributed by atoms with E-state index >= 15 is 0 Å². The predicted octanol–water partition coefficient (Wildman–Crippen LogP) is 3.96. The van der Waals surface area contributed by atoms with Gasteiger partial charge in [0, 0.05) is 31.3 Å². The summed E-state index contributed by atoms with van der Waals surface area (Å²) >= 11 is 1.44. The van der Waals surface area contributed by atoms with Crippen LogP contribution in [0.25, 0.3) is 12.2 Å². The molecule has 2 aromatic rings. The Kier molecular flexibility index (Phi) is 5.97. The first kappa shape index (κ1) is 21.6. The van der Waals surface area contributed by atoms with E-state index in [4.69, 9.17) is 4.42 Å². The molecule has 162 valence electrons. The lowest BCUT2D eigenvalue weighted by Gasteiger charge is -2.17. The second-order valence-corrected chi connectivity index (χ2v) is 8.52. The number of imide groups is 2. The Morgan fingerprint density at radius 2 is 1.53 bits per heavy atom. The average Bonchev–Trinajstić information content (AvgIpc) is 3.43. The van der Waals surface area contributed by atoms with Crippen LogP contribution in [0.15, 0.2) is 56.9 Å². The number of furan rings is 1. The van der Waals surface area contributed by atoms with Gasteiger partial charge in [-0.1, -0.05) is 12.1 Å². The van der Waals surface area contributed by atoms with Gasteiger partial charge in [-0.15, -0.1) is 0 Å². The van der Waals surface area contributed by atoms with Gasteiger partial charge in [0.25, 0.3) is 28.0 Å². The van der Waals surface area contributed by atoms with E-state index in [1.54, 1.807) is 18.2 Å². The number of hydrogen-bond donors (Lipinski definition) is 0. The summed E-state index contributed by atoms with van der Waals surface area (Å²) in [6.45, 7) is -0.314. The highest BCUT2D eigenvalue weighted by atomic mass is 32.2. The van der Waals surface area contributed by atoms with Gasteiger partial charge >= 0.3 is 0 Å². The maximum atomic E-state index is 12.6. The third kappa shape index (κ3) is 4.36. The molecule has 4 rings (SSSR count). The number of nitrogens with zero attached hydrogens (tertiary/aromatic N) is 3. The van der Waals surface area contributed by atoms with E-state index in [9.17, 15) is 29.3 Å².